The van der Waals surface area contributed by atoms with Crippen molar-refractivity contribution in [3.63, 3.8) is 0 Å². The SMILES string of the molecule is CN1CCOC(COC2Nc3cnccc3C(N3CCN(C(=O)O)C(CC#N)C3)N2)C1. The van der Waals surface area contributed by atoms with Gasteiger partial charge in [0.25, 0.3) is 0 Å². The highest BCUT2D eigenvalue weighted by atomic mass is 16.6. The van der Waals surface area contributed by atoms with E-state index in [2.05, 4.69) is 38.5 Å². The van der Waals surface area contributed by atoms with E-state index in [-0.39, 0.29) is 24.7 Å². The number of ether oxygens (including phenoxy) is 2. The Morgan fingerprint density at radius 1 is 1.42 bits per heavy atom. The van der Waals surface area contributed by atoms with Gasteiger partial charge in [-0.2, -0.15) is 5.26 Å². The van der Waals surface area contributed by atoms with Crippen molar-refractivity contribution in [3.8, 4) is 6.07 Å². The smallest absolute Gasteiger partial charge is 0.407 e. The Morgan fingerprint density at radius 2 is 2.29 bits per heavy atom. The zero-order valence-corrected chi connectivity index (χ0v) is 17.6. The number of piperazine rings is 1. The summed E-state index contributed by atoms with van der Waals surface area (Å²) in [6.45, 7) is 4.24. The Morgan fingerprint density at radius 3 is 3.06 bits per heavy atom. The summed E-state index contributed by atoms with van der Waals surface area (Å²) < 4.78 is 11.9. The van der Waals surface area contributed by atoms with Gasteiger partial charge in [-0.3, -0.25) is 15.2 Å². The van der Waals surface area contributed by atoms with Gasteiger partial charge in [-0.1, -0.05) is 0 Å². The number of amides is 1. The summed E-state index contributed by atoms with van der Waals surface area (Å²) in [5.74, 6) is 0. The fourth-order valence-corrected chi connectivity index (χ4v) is 4.39. The van der Waals surface area contributed by atoms with Gasteiger partial charge in [0.2, 0.25) is 0 Å². The second-order valence-corrected chi connectivity index (χ2v) is 8.13. The molecule has 0 aromatic carbocycles. The molecule has 0 radical (unpaired) electrons. The molecule has 4 unspecified atom stereocenters. The maximum Gasteiger partial charge on any atom is 0.407 e. The maximum atomic E-state index is 11.6. The summed E-state index contributed by atoms with van der Waals surface area (Å²) in [6, 6.07) is 3.69. The third kappa shape index (κ3) is 5.06. The van der Waals surface area contributed by atoms with E-state index in [1.54, 1.807) is 12.4 Å². The van der Waals surface area contributed by atoms with E-state index < -0.39 is 12.4 Å². The van der Waals surface area contributed by atoms with Crippen LogP contribution in [0.15, 0.2) is 18.5 Å². The van der Waals surface area contributed by atoms with Crippen LogP contribution in [-0.2, 0) is 9.47 Å². The number of aromatic nitrogens is 1. The Kier molecular flexibility index (Phi) is 6.84. The van der Waals surface area contributed by atoms with Crippen molar-refractivity contribution >= 4 is 11.8 Å². The lowest BCUT2D eigenvalue weighted by Crippen LogP contribution is -2.60. The molecule has 31 heavy (non-hydrogen) atoms. The molecule has 2 saturated heterocycles. The number of nitrogens with one attached hydrogen (secondary N) is 2. The molecule has 1 aromatic heterocycles. The Labute approximate surface area is 181 Å². The van der Waals surface area contributed by atoms with Gasteiger partial charge in [0.15, 0.2) is 6.35 Å². The number of anilines is 1. The van der Waals surface area contributed by atoms with Gasteiger partial charge in [-0.05, 0) is 13.1 Å². The molecule has 0 spiro atoms. The van der Waals surface area contributed by atoms with Gasteiger partial charge in [-0.15, -0.1) is 0 Å². The molecule has 0 saturated carbocycles. The van der Waals surface area contributed by atoms with Gasteiger partial charge in [0.05, 0.1) is 55.9 Å². The maximum absolute atomic E-state index is 11.6. The van der Waals surface area contributed by atoms with Crippen LogP contribution in [0.2, 0.25) is 0 Å². The molecule has 0 bridgehead atoms. The zero-order valence-electron chi connectivity index (χ0n) is 17.6. The van der Waals surface area contributed by atoms with Crippen LogP contribution in [-0.4, -0.2) is 102 Å². The topological polar surface area (TPSA) is 126 Å². The molecule has 168 valence electrons. The molecular weight excluding hydrogens is 402 g/mol. The average Bonchev–Trinajstić information content (AvgIpc) is 2.77. The monoisotopic (exact) mass is 431 g/mol. The second kappa shape index (κ2) is 9.76. The summed E-state index contributed by atoms with van der Waals surface area (Å²) in [7, 11) is 2.07. The first kappa shape index (κ1) is 21.7. The first-order valence-electron chi connectivity index (χ1n) is 10.5. The van der Waals surface area contributed by atoms with Crippen molar-refractivity contribution in [3.05, 3.63) is 24.0 Å². The van der Waals surface area contributed by atoms with Crippen LogP contribution in [0.4, 0.5) is 10.5 Å². The fourth-order valence-electron chi connectivity index (χ4n) is 4.39. The minimum Gasteiger partial charge on any atom is -0.465 e. The third-order valence-electron chi connectivity index (χ3n) is 5.99. The summed E-state index contributed by atoms with van der Waals surface area (Å²) >= 11 is 0. The minimum atomic E-state index is -0.985. The third-order valence-corrected chi connectivity index (χ3v) is 5.99. The lowest BCUT2D eigenvalue weighted by molar-refractivity contribution is -0.0895. The van der Waals surface area contributed by atoms with E-state index in [4.69, 9.17) is 14.7 Å². The predicted molar refractivity (Wildman–Crippen MR) is 111 cm³/mol. The molecule has 2 fully saturated rings. The molecule has 3 aliphatic rings. The Bertz CT molecular complexity index is 819. The molecule has 4 heterocycles. The number of likely N-dealkylation sites (N-methyl/N-ethyl adjacent to an activating group) is 1. The Hall–Kier alpha value is -2.49. The fraction of sp³-hybridized carbons (Fsp3) is 0.650. The summed E-state index contributed by atoms with van der Waals surface area (Å²) in [6.07, 6.45) is 2.06. The summed E-state index contributed by atoms with van der Waals surface area (Å²) in [5, 5.41) is 25.5. The molecule has 11 nitrogen and oxygen atoms in total. The number of morpholine rings is 1. The van der Waals surface area contributed by atoms with E-state index in [1.807, 2.05) is 6.07 Å². The predicted octanol–water partition coefficient (Wildman–Crippen LogP) is 0.304. The van der Waals surface area contributed by atoms with Crippen molar-refractivity contribution in [2.75, 3.05) is 58.3 Å². The standard InChI is InChI=1S/C20H29N7O4/c1-25-8-9-30-15(12-25)13-31-19-23-17-10-22-5-3-16(17)18(24-19)26-6-7-27(20(28)29)14(11-26)2-4-21/h3,5,10,14-15,18-19,23-24H,2,6-9,11-13H2,1H3,(H,28,29). The van der Waals surface area contributed by atoms with Crippen molar-refractivity contribution in [2.24, 2.45) is 0 Å². The van der Waals surface area contributed by atoms with Gasteiger partial charge in [0, 0.05) is 44.5 Å². The first-order valence-corrected chi connectivity index (χ1v) is 10.5. The van der Waals surface area contributed by atoms with Crippen LogP contribution in [0.5, 0.6) is 0 Å². The van der Waals surface area contributed by atoms with Crippen molar-refractivity contribution in [1.29, 1.82) is 5.26 Å². The number of rotatable bonds is 5. The average molecular weight is 431 g/mol. The highest BCUT2D eigenvalue weighted by Crippen LogP contribution is 2.31. The van der Waals surface area contributed by atoms with Crippen molar-refractivity contribution in [1.82, 2.24) is 25.0 Å². The lowest BCUT2D eigenvalue weighted by atomic mass is 10.0. The van der Waals surface area contributed by atoms with E-state index in [0.29, 0.717) is 32.8 Å². The number of hydrogen-bond donors (Lipinski definition) is 3. The number of fused-ring (bicyclic) bond motifs is 1. The van der Waals surface area contributed by atoms with Crippen LogP contribution in [0.1, 0.15) is 18.2 Å². The number of carboxylic acid groups (broad SMARTS) is 1. The zero-order chi connectivity index (χ0) is 21.8. The number of pyridine rings is 1. The minimum absolute atomic E-state index is 0.00946. The first-order chi connectivity index (χ1) is 15.0. The Balaban J connectivity index is 1.46. The molecule has 4 atom stereocenters. The van der Waals surface area contributed by atoms with Crippen molar-refractivity contribution < 1.29 is 19.4 Å². The molecule has 4 rings (SSSR count). The van der Waals surface area contributed by atoms with Crippen LogP contribution in [0.3, 0.4) is 0 Å². The number of nitrogens with zero attached hydrogens (tertiary/aromatic N) is 5. The molecule has 0 aliphatic carbocycles. The molecule has 1 amide bonds. The normalized spacial score (nSPS) is 29.6. The van der Waals surface area contributed by atoms with E-state index >= 15 is 0 Å². The van der Waals surface area contributed by atoms with Crippen LogP contribution < -0.4 is 10.6 Å². The number of carbonyl (C=O) groups is 1. The van der Waals surface area contributed by atoms with E-state index in [9.17, 15) is 9.90 Å². The molecule has 11 heteroatoms. The van der Waals surface area contributed by atoms with Gasteiger partial charge < -0.3 is 29.7 Å². The molecule has 1 aromatic rings. The van der Waals surface area contributed by atoms with E-state index in [1.165, 1.54) is 4.90 Å². The van der Waals surface area contributed by atoms with E-state index in [0.717, 1.165) is 24.3 Å². The molecular formula is C20H29N7O4. The summed E-state index contributed by atoms with van der Waals surface area (Å²) in [5.41, 5.74) is 1.89. The van der Waals surface area contributed by atoms with Crippen LogP contribution >= 0.6 is 0 Å². The molecule has 3 aliphatic heterocycles. The number of hydrogen-bond acceptors (Lipinski definition) is 9. The lowest BCUT2D eigenvalue weighted by Gasteiger charge is -2.46. The van der Waals surface area contributed by atoms with Crippen LogP contribution in [0, 0.1) is 11.3 Å². The second-order valence-electron chi connectivity index (χ2n) is 8.13. The highest BCUT2D eigenvalue weighted by molar-refractivity contribution is 5.65. The van der Waals surface area contributed by atoms with Gasteiger partial charge >= 0.3 is 6.09 Å². The highest BCUT2D eigenvalue weighted by Gasteiger charge is 2.37. The van der Waals surface area contributed by atoms with Gasteiger partial charge in [0.1, 0.15) is 0 Å². The molecule has 3 N–H and O–H groups in total. The van der Waals surface area contributed by atoms with Gasteiger partial charge in [-0.25, -0.2) is 4.79 Å². The largest absolute Gasteiger partial charge is 0.465 e. The van der Waals surface area contributed by atoms with Crippen molar-refractivity contribution in [2.45, 2.75) is 31.1 Å². The van der Waals surface area contributed by atoms with Crippen LogP contribution in [0.25, 0.3) is 0 Å². The number of nitriles is 1. The quantitative estimate of drug-likeness (QED) is 0.599. The summed E-state index contributed by atoms with van der Waals surface area (Å²) in [4.78, 5) is 21.5.